The summed E-state index contributed by atoms with van der Waals surface area (Å²) < 4.78 is 40.3. The van der Waals surface area contributed by atoms with Crippen molar-refractivity contribution >= 4 is 5.91 Å². The highest BCUT2D eigenvalue weighted by molar-refractivity contribution is 5.94. The number of amides is 1. The molecule has 2 N–H and O–H groups in total. The van der Waals surface area contributed by atoms with Gasteiger partial charge in [0.15, 0.2) is 0 Å². The zero-order chi connectivity index (χ0) is 24.2. The molecule has 8 heteroatoms. The summed E-state index contributed by atoms with van der Waals surface area (Å²) in [5.74, 6) is 5.94. The summed E-state index contributed by atoms with van der Waals surface area (Å²) in [6.45, 7) is 0.754. The zero-order valence-corrected chi connectivity index (χ0v) is 19.1. The van der Waals surface area contributed by atoms with Crippen LogP contribution in [0.25, 0.3) is 0 Å². The third-order valence-electron chi connectivity index (χ3n) is 6.81. The van der Waals surface area contributed by atoms with Gasteiger partial charge in [-0.3, -0.25) is 4.79 Å². The molecule has 0 atom stereocenters. The minimum absolute atomic E-state index is 0.184. The molecular weight excluding hydrogens is 443 g/mol. The molecule has 2 saturated carbocycles. The molecule has 5 nitrogen and oxygen atoms in total. The van der Waals surface area contributed by atoms with Crippen LogP contribution in [0.3, 0.4) is 0 Å². The van der Waals surface area contributed by atoms with Crippen LogP contribution in [0.1, 0.15) is 85.1 Å². The van der Waals surface area contributed by atoms with Crippen molar-refractivity contribution in [1.29, 1.82) is 0 Å². The van der Waals surface area contributed by atoms with Crippen molar-refractivity contribution in [3.8, 4) is 11.8 Å². The number of alkyl halides is 3. The van der Waals surface area contributed by atoms with Gasteiger partial charge in [0, 0.05) is 13.1 Å². The molecule has 2 aliphatic rings. The molecule has 182 valence electrons. The Kier molecular flexibility index (Phi) is 7.32. The standard InChI is InChI=1S/C26H30F3N3O2/c27-26(28,29)21-10-8-20(9-11-21)17-32-18-31-22(12-15-25(34)13-4-5-14-25)23(32)24(33)30-16-19-6-2-1-3-7-19/h8-11,18-19,34H,1-7,13-14,16-17H2,(H,30,33). The Morgan fingerprint density at radius 1 is 1.12 bits per heavy atom. The van der Waals surface area contributed by atoms with Crippen LogP contribution in [0.4, 0.5) is 13.2 Å². The molecule has 0 bridgehead atoms. The van der Waals surface area contributed by atoms with Gasteiger partial charge in [0.2, 0.25) is 0 Å². The predicted molar refractivity (Wildman–Crippen MR) is 122 cm³/mol. The van der Waals surface area contributed by atoms with E-state index in [0.717, 1.165) is 37.8 Å². The molecule has 0 aliphatic heterocycles. The van der Waals surface area contributed by atoms with Gasteiger partial charge in [0.1, 0.15) is 17.0 Å². The van der Waals surface area contributed by atoms with Gasteiger partial charge in [-0.15, -0.1) is 0 Å². The predicted octanol–water partition coefficient (Wildman–Crippen LogP) is 4.92. The number of hydrogen-bond donors (Lipinski definition) is 2. The van der Waals surface area contributed by atoms with Crippen LogP contribution in [0, 0.1) is 17.8 Å². The first kappa shape index (κ1) is 24.3. The molecule has 0 radical (unpaired) electrons. The molecular formula is C26H30F3N3O2. The first-order valence-electron chi connectivity index (χ1n) is 12.0. The summed E-state index contributed by atoms with van der Waals surface area (Å²) in [5, 5.41) is 13.6. The maximum atomic E-state index is 13.2. The van der Waals surface area contributed by atoms with E-state index in [1.807, 2.05) is 0 Å². The topological polar surface area (TPSA) is 67.2 Å². The zero-order valence-electron chi connectivity index (χ0n) is 19.1. The maximum absolute atomic E-state index is 13.2. The molecule has 0 unspecified atom stereocenters. The van der Waals surface area contributed by atoms with Crippen LogP contribution in [-0.2, 0) is 12.7 Å². The summed E-state index contributed by atoms with van der Waals surface area (Å²) in [6, 6.07) is 4.87. The largest absolute Gasteiger partial charge is 0.416 e. The lowest BCUT2D eigenvalue weighted by Gasteiger charge is -2.22. The van der Waals surface area contributed by atoms with Gasteiger partial charge >= 0.3 is 6.18 Å². The number of aromatic nitrogens is 2. The molecule has 1 aromatic heterocycles. The molecule has 0 spiro atoms. The van der Waals surface area contributed by atoms with Gasteiger partial charge in [0.05, 0.1) is 11.9 Å². The molecule has 4 rings (SSSR count). The average molecular weight is 474 g/mol. The lowest BCUT2D eigenvalue weighted by atomic mass is 9.89. The molecule has 1 heterocycles. The van der Waals surface area contributed by atoms with Crippen molar-refractivity contribution in [2.45, 2.75) is 76.1 Å². The Labute approximate surface area is 197 Å². The summed E-state index contributed by atoms with van der Waals surface area (Å²) in [4.78, 5) is 17.5. The number of carbonyl (C=O) groups is 1. The summed E-state index contributed by atoms with van der Waals surface area (Å²) in [7, 11) is 0. The van der Waals surface area contributed by atoms with Crippen molar-refractivity contribution in [2.75, 3.05) is 6.54 Å². The Bertz CT molecular complexity index is 1050. The molecule has 1 amide bonds. The number of benzene rings is 1. The molecule has 2 aromatic rings. The lowest BCUT2D eigenvalue weighted by Crippen LogP contribution is -2.32. The van der Waals surface area contributed by atoms with Crippen LogP contribution in [0.15, 0.2) is 30.6 Å². The van der Waals surface area contributed by atoms with Gasteiger partial charge in [-0.25, -0.2) is 4.98 Å². The monoisotopic (exact) mass is 473 g/mol. The molecule has 0 saturated heterocycles. The maximum Gasteiger partial charge on any atom is 0.416 e. The molecule has 34 heavy (non-hydrogen) atoms. The van der Waals surface area contributed by atoms with Crippen molar-refractivity contribution in [3.05, 3.63) is 53.1 Å². The van der Waals surface area contributed by atoms with Gasteiger partial charge < -0.3 is 15.0 Å². The Balaban J connectivity index is 1.57. The second kappa shape index (κ2) is 10.2. The molecule has 1 aromatic carbocycles. The Morgan fingerprint density at radius 3 is 2.44 bits per heavy atom. The van der Waals surface area contributed by atoms with Crippen LogP contribution in [-0.4, -0.2) is 32.7 Å². The first-order chi connectivity index (χ1) is 16.2. The second-order valence-corrected chi connectivity index (χ2v) is 9.47. The van der Waals surface area contributed by atoms with Crippen LogP contribution < -0.4 is 5.32 Å². The highest BCUT2D eigenvalue weighted by Gasteiger charge is 2.30. The van der Waals surface area contributed by atoms with Crippen molar-refractivity contribution in [2.24, 2.45) is 5.92 Å². The minimum atomic E-state index is -4.40. The van der Waals surface area contributed by atoms with Crippen molar-refractivity contribution in [3.63, 3.8) is 0 Å². The van der Waals surface area contributed by atoms with Gasteiger partial charge in [0.25, 0.3) is 5.91 Å². The number of hydrogen-bond acceptors (Lipinski definition) is 3. The SMILES string of the molecule is O=C(NCC1CCCCC1)c1c(C#CC2(O)CCCC2)ncn1Cc1ccc(C(F)(F)F)cc1. The number of imidazole rings is 1. The quantitative estimate of drug-likeness (QED) is 0.606. The Hall–Kier alpha value is -2.79. The highest BCUT2D eigenvalue weighted by Crippen LogP contribution is 2.30. The first-order valence-corrected chi connectivity index (χ1v) is 12.0. The van der Waals surface area contributed by atoms with Crippen LogP contribution in [0.2, 0.25) is 0 Å². The summed E-state index contributed by atoms with van der Waals surface area (Å²) in [5.41, 5.74) is -0.630. The minimum Gasteiger partial charge on any atom is -0.378 e. The summed E-state index contributed by atoms with van der Waals surface area (Å²) in [6.07, 6.45) is 5.82. The number of rotatable bonds is 5. The van der Waals surface area contributed by atoms with Crippen LogP contribution in [0.5, 0.6) is 0 Å². The summed E-state index contributed by atoms with van der Waals surface area (Å²) >= 11 is 0. The van der Waals surface area contributed by atoms with Crippen LogP contribution >= 0.6 is 0 Å². The fraction of sp³-hybridized carbons (Fsp3) is 0.538. The lowest BCUT2D eigenvalue weighted by molar-refractivity contribution is -0.137. The normalized spacial score (nSPS) is 18.4. The number of carbonyl (C=O) groups excluding carboxylic acids is 1. The second-order valence-electron chi connectivity index (χ2n) is 9.47. The van der Waals surface area contributed by atoms with E-state index in [1.165, 1.54) is 37.7 Å². The highest BCUT2D eigenvalue weighted by atomic mass is 19.4. The Morgan fingerprint density at radius 2 is 1.79 bits per heavy atom. The third kappa shape index (κ3) is 6.01. The number of halogens is 3. The number of nitrogens with one attached hydrogen (secondary N) is 1. The van der Waals surface area contributed by atoms with Crippen molar-refractivity contribution in [1.82, 2.24) is 14.9 Å². The van der Waals surface area contributed by atoms with E-state index in [1.54, 1.807) is 4.57 Å². The van der Waals surface area contributed by atoms with E-state index >= 15 is 0 Å². The fourth-order valence-electron chi connectivity index (χ4n) is 4.80. The van der Waals surface area contributed by atoms with E-state index in [2.05, 4.69) is 22.1 Å². The van der Waals surface area contributed by atoms with Crippen molar-refractivity contribution < 1.29 is 23.1 Å². The van der Waals surface area contributed by atoms with Gasteiger partial charge in [-0.1, -0.05) is 37.3 Å². The van der Waals surface area contributed by atoms with Gasteiger partial charge in [-0.05, 0) is 68.1 Å². The number of nitrogens with zero attached hydrogens (tertiary/aromatic N) is 2. The van der Waals surface area contributed by atoms with E-state index in [-0.39, 0.29) is 23.8 Å². The third-order valence-corrected chi connectivity index (χ3v) is 6.81. The molecule has 2 aliphatic carbocycles. The smallest absolute Gasteiger partial charge is 0.378 e. The molecule has 2 fully saturated rings. The number of aliphatic hydroxyl groups is 1. The van der Waals surface area contributed by atoms with Gasteiger partial charge in [-0.2, -0.15) is 13.2 Å². The van der Waals surface area contributed by atoms with E-state index < -0.39 is 17.3 Å². The van der Waals surface area contributed by atoms with E-state index in [0.29, 0.717) is 30.9 Å². The fourth-order valence-corrected chi connectivity index (χ4v) is 4.80. The van der Waals surface area contributed by atoms with E-state index in [9.17, 15) is 23.1 Å². The van der Waals surface area contributed by atoms with E-state index in [4.69, 9.17) is 0 Å². The average Bonchev–Trinajstić information content (AvgIpc) is 3.43.